The summed E-state index contributed by atoms with van der Waals surface area (Å²) in [4.78, 5) is 13.8. The molecule has 0 saturated carbocycles. The van der Waals surface area contributed by atoms with E-state index in [-0.39, 0.29) is 17.1 Å². The molecule has 0 aliphatic carbocycles. The van der Waals surface area contributed by atoms with Gasteiger partial charge in [0.2, 0.25) is 5.91 Å². The predicted molar refractivity (Wildman–Crippen MR) is 82.1 cm³/mol. The molecule has 0 radical (unpaired) electrons. The van der Waals surface area contributed by atoms with E-state index in [1.165, 1.54) is 17.8 Å². The summed E-state index contributed by atoms with van der Waals surface area (Å²) in [6, 6.07) is 13.8. The highest BCUT2D eigenvalue weighted by molar-refractivity contribution is 8.00. The van der Waals surface area contributed by atoms with Gasteiger partial charge < -0.3 is 4.74 Å². The zero-order valence-electron chi connectivity index (χ0n) is 11.5. The molecule has 1 heterocycles. The summed E-state index contributed by atoms with van der Waals surface area (Å²) >= 11 is 1.43. The molecular weight excluding hydrogens is 289 g/mol. The van der Waals surface area contributed by atoms with Crippen LogP contribution in [-0.2, 0) is 4.79 Å². The zero-order chi connectivity index (χ0) is 14.8. The Balaban J connectivity index is 2.02. The number of methoxy groups -OCH3 is 1. The number of thioether (sulfide) groups is 1. The minimum atomic E-state index is -0.342. The van der Waals surface area contributed by atoms with Gasteiger partial charge in [-0.3, -0.25) is 9.69 Å². The monoisotopic (exact) mass is 303 g/mol. The Hall–Kier alpha value is -2.01. The predicted octanol–water partition coefficient (Wildman–Crippen LogP) is 3.61. The molecule has 1 fully saturated rings. The molecule has 3 nitrogen and oxygen atoms in total. The summed E-state index contributed by atoms with van der Waals surface area (Å²) < 4.78 is 19.2. The summed E-state index contributed by atoms with van der Waals surface area (Å²) in [6.07, 6.45) is 0. The number of hydrogen-bond acceptors (Lipinski definition) is 3. The summed E-state index contributed by atoms with van der Waals surface area (Å²) in [5, 5.41) is -0.342. The molecule has 0 spiro atoms. The molecule has 108 valence electrons. The first-order chi connectivity index (χ1) is 10.2. The SMILES string of the molecule is COc1cccc(N2C(=O)CSC2c2ccccc2F)c1. The van der Waals surface area contributed by atoms with Crippen LogP contribution in [0.4, 0.5) is 10.1 Å². The van der Waals surface area contributed by atoms with Gasteiger partial charge in [-0.15, -0.1) is 11.8 Å². The third-order valence-electron chi connectivity index (χ3n) is 3.37. The molecule has 0 aromatic heterocycles. The number of carbonyl (C=O) groups excluding carboxylic acids is 1. The number of rotatable bonds is 3. The fourth-order valence-electron chi connectivity index (χ4n) is 2.37. The molecule has 21 heavy (non-hydrogen) atoms. The molecule has 0 N–H and O–H groups in total. The van der Waals surface area contributed by atoms with Crippen LogP contribution in [0.3, 0.4) is 0 Å². The topological polar surface area (TPSA) is 29.5 Å². The second kappa shape index (κ2) is 5.77. The maximum Gasteiger partial charge on any atom is 0.238 e. The summed E-state index contributed by atoms with van der Waals surface area (Å²) in [5.41, 5.74) is 1.24. The standard InChI is InChI=1S/C16H14FNO2S/c1-20-12-6-4-5-11(9-12)18-15(19)10-21-16(18)13-7-2-3-8-14(13)17/h2-9,16H,10H2,1H3. The lowest BCUT2D eigenvalue weighted by Gasteiger charge is -2.25. The molecule has 1 aliphatic heterocycles. The Bertz CT molecular complexity index is 677. The van der Waals surface area contributed by atoms with E-state index in [1.807, 2.05) is 18.2 Å². The van der Waals surface area contributed by atoms with Crippen molar-refractivity contribution < 1.29 is 13.9 Å². The van der Waals surface area contributed by atoms with Crippen LogP contribution in [-0.4, -0.2) is 18.8 Å². The molecule has 1 aliphatic rings. The lowest BCUT2D eigenvalue weighted by atomic mass is 10.1. The molecule has 1 atom stereocenters. The van der Waals surface area contributed by atoms with E-state index in [0.717, 1.165) is 5.69 Å². The second-order valence-corrected chi connectivity index (χ2v) is 5.72. The van der Waals surface area contributed by atoms with Crippen molar-refractivity contribution in [1.82, 2.24) is 0 Å². The smallest absolute Gasteiger partial charge is 0.238 e. The van der Waals surface area contributed by atoms with Crippen molar-refractivity contribution in [3.63, 3.8) is 0 Å². The molecule has 5 heteroatoms. The van der Waals surface area contributed by atoms with Crippen LogP contribution in [0.2, 0.25) is 0 Å². The van der Waals surface area contributed by atoms with E-state index in [4.69, 9.17) is 4.74 Å². The zero-order valence-corrected chi connectivity index (χ0v) is 12.3. The molecule has 1 amide bonds. The van der Waals surface area contributed by atoms with Crippen molar-refractivity contribution in [2.45, 2.75) is 5.37 Å². The van der Waals surface area contributed by atoms with Crippen molar-refractivity contribution in [2.75, 3.05) is 17.8 Å². The van der Waals surface area contributed by atoms with Gasteiger partial charge in [-0.1, -0.05) is 24.3 Å². The van der Waals surface area contributed by atoms with Crippen LogP contribution >= 0.6 is 11.8 Å². The van der Waals surface area contributed by atoms with Gasteiger partial charge in [0.15, 0.2) is 0 Å². The Kier molecular flexibility index (Phi) is 3.84. The second-order valence-electron chi connectivity index (χ2n) is 4.65. The minimum Gasteiger partial charge on any atom is -0.497 e. The molecule has 1 saturated heterocycles. The Morgan fingerprint density at radius 3 is 2.81 bits per heavy atom. The minimum absolute atomic E-state index is 0.0264. The maximum atomic E-state index is 14.0. The number of benzene rings is 2. The Morgan fingerprint density at radius 1 is 1.24 bits per heavy atom. The highest BCUT2D eigenvalue weighted by Crippen LogP contribution is 2.43. The van der Waals surface area contributed by atoms with Gasteiger partial charge in [0.05, 0.1) is 12.9 Å². The van der Waals surface area contributed by atoms with Crippen molar-refractivity contribution in [3.8, 4) is 5.75 Å². The summed E-state index contributed by atoms with van der Waals surface area (Å²) in [7, 11) is 1.58. The summed E-state index contributed by atoms with van der Waals surface area (Å²) in [6.45, 7) is 0. The van der Waals surface area contributed by atoms with E-state index >= 15 is 0 Å². The molecule has 2 aromatic carbocycles. The van der Waals surface area contributed by atoms with E-state index in [2.05, 4.69) is 0 Å². The van der Waals surface area contributed by atoms with Crippen molar-refractivity contribution >= 4 is 23.4 Å². The van der Waals surface area contributed by atoms with Crippen LogP contribution in [0.15, 0.2) is 48.5 Å². The van der Waals surface area contributed by atoms with E-state index in [9.17, 15) is 9.18 Å². The quantitative estimate of drug-likeness (QED) is 0.867. The third kappa shape index (κ3) is 2.61. The summed E-state index contributed by atoms with van der Waals surface area (Å²) in [5.74, 6) is 0.694. The highest BCUT2D eigenvalue weighted by Gasteiger charge is 2.35. The molecular formula is C16H14FNO2S. The lowest BCUT2D eigenvalue weighted by Crippen LogP contribution is -2.28. The molecule has 1 unspecified atom stereocenters. The van der Waals surface area contributed by atoms with Crippen LogP contribution in [0, 0.1) is 5.82 Å². The average molecular weight is 303 g/mol. The Morgan fingerprint density at radius 2 is 2.05 bits per heavy atom. The third-order valence-corrected chi connectivity index (χ3v) is 4.56. The maximum absolute atomic E-state index is 14.0. The number of amides is 1. The Labute approximate surface area is 126 Å². The van der Waals surface area contributed by atoms with Gasteiger partial charge in [-0.25, -0.2) is 4.39 Å². The van der Waals surface area contributed by atoms with Crippen molar-refractivity contribution in [3.05, 3.63) is 59.9 Å². The van der Waals surface area contributed by atoms with Gasteiger partial charge in [0.1, 0.15) is 16.9 Å². The van der Waals surface area contributed by atoms with Crippen LogP contribution < -0.4 is 9.64 Å². The molecule has 3 rings (SSSR count). The van der Waals surface area contributed by atoms with Crippen molar-refractivity contribution in [2.24, 2.45) is 0 Å². The van der Waals surface area contributed by atoms with Gasteiger partial charge in [-0.2, -0.15) is 0 Å². The first-order valence-electron chi connectivity index (χ1n) is 6.53. The van der Waals surface area contributed by atoms with Crippen LogP contribution in [0.1, 0.15) is 10.9 Å². The van der Waals surface area contributed by atoms with Gasteiger partial charge in [-0.05, 0) is 18.2 Å². The highest BCUT2D eigenvalue weighted by atomic mass is 32.2. The number of carbonyl (C=O) groups is 1. The van der Waals surface area contributed by atoms with E-state index in [1.54, 1.807) is 36.3 Å². The fraction of sp³-hybridized carbons (Fsp3) is 0.188. The van der Waals surface area contributed by atoms with Gasteiger partial charge in [0, 0.05) is 17.3 Å². The normalized spacial score (nSPS) is 18.1. The first-order valence-corrected chi connectivity index (χ1v) is 7.57. The molecule has 0 bridgehead atoms. The first kappa shape index (κ1) is 13.9. The van der Waals surface area contributed by atoms with Crippen LogP contribution in [0.5, 0.6) is 5.75 Å². The fourth-order valence-corrected chi connectivity index (χ4v) is 3.57. The van der Waals surface area contributed by atoms with Crippen LogP contribution in [0.25, 0.3) is 0 Å². The van der Waals surface area contributed by atoms with E-state index < -0.39 is 0 Å². The average Bonchev–Trinajstić information content (AvgIpc) is 2.89. The molecule has 2 aromatic rings. The lowest BCUT2D eigenvalue weighted by molar-refractivity contribution is -0.115. The van der Waals surface area contributed by atoms with Gasteiger partial charge >= 0.3 is 0 Å². The number of nitrogens with zero attached hydrogens (tertiary/aromatic N) is 1. The largest absolute Gasteiger partial charge is 0.497 e. The number of halogens is 1. The van der Waals surface area contributed by atoms with Crippen molar-refractivity contribution in [1.29, 1.82) is 0 Å². The van der Waals surface area contributed by atoms with Gasteiger partial charge in [0.25, 0.3) is 0 Å². The number of anilines is 1. The number of ether oxygens (including phenoxy) is 1. The number of hydrogen-bond donors (Lipinski definition) is 0. The van der Waals surface area contributed by atoms with E-state index in [0.29, 0.717) is 17.1 Å².